The second-order valence-corrected chi connectivity index (χ2v) is 6.82. The first-order valence-corrected chi connectivity index (χ1v) is 8.36. The molecule has 0 atom stereocenters. The molecular formula is C16H16FNO4S. The maximum atomic E-state index is 12.8. The number of aromatic carboxylic acids is 1. The summed E-state index contributed by atoms with van der Waals surface area (Å²) in [5.74, 6) is -1.53. The van der Waals surface area contributed by atoms with Crippen LogP contribution in [-0.2, 0) is 16.4 Å². The van der Waals surface area contributed by atoms with Crippen LogP contribution in [0, 0.1) is 12.7 Å². The smallest absolute Gasteiger partial charge is 0.335 e. The summed E-state index contributed by atoms with van der Waals surface area (Å²) in [5, 5.41) is 9.06. The van der Waals surface area contributed by atoms with Crippen molar-refractivity contribution in [3.05, 3.63) is 65.0 Å². The van der Waals surface area contributed by atoms with Gasteiger partial charge in [-0.25, -0.2) is 22.3 Å². The fourth-order valence-corrected chi connectivity index (χ4v) is 3.12. The standard InChI is InChI=1S/C16H16FNO4S/c1-11-2-7-14(10-15(11)16(19)20)23(21,22)18-9-8-12-3-5-13(17)6-4-12/h2-7,10,18H,8-9H2,1H3,(H,19,20). The number of aryl methyl sites for hydroxylation is 1. The number of hydrogen-bond donors (Lipinski definition) is 2. The second-order valence-electron chi connectivity index (χ2n) is 5.06. The van der Waals surface area contributed by atoms with Crippen molar-refractivity contribution in [3.8, 4) is 0 Å². The summed E-state index contributed by atoms with van der Waals surface area (Å²) in [4.78, 5) is 11.0. The highest BCUT2D eigenvalue weighted by Gasteiger charge is 2.17. The van der Waals surface area contributed by atoms with Crippen molar-refractivity contribution < 1.29 is 22.7 Å². The summed E-state index contributed by atoms with van der Waals surface area (Å²) in [7, 11) is -3.80. The molecule has 0 saturated carbocycles. The third-order valence-corrected chi connectivity index (χ3v) is 4.83. The molecule has 0 aliphatic heterocycles. The van der Waals surface area contributed by atoms with Crippen LogP contribution in [0.25, 0.3) is 0 Å². The lowest BCUT2D eigenvalue weighted by atomic mass is 10.1. The average Bonchev–Trinajstić information content (AvgIpc) is 2.49. The minimum absolute atomic E-state index is 0.0496. The lowest BCUT2D eigenvalue weighted by molar-refractivity contribution is 0.0696. The van der Waals surface area contributed by atoms with Gasteiger partial charge in [0.1, 0.15) is 5.82 Å². The maximum Gasteiger partial charge on any atom is 0.335 e. The zero-order valence-electron chi connectivity index (χ0n) is 12.4. The molecule has 0 fully saturated rings. The number of hydrogen-bond acceptors (Lipinski definition) is 3. The van der Waals surface area contributed by atoms with E-state index in [0.717, 1.165) is 11.6 Å². The van der Waals surface area contributed by atoms with Crippen LogP contribution in [-0.4, -0.2) is 26.0 Å². The summed E-state index contributed by atoms with van der Waals surface area (Å²) >= 11 is 0. The molecule has 2 aromatic rings. The summed E-state index contributed by atoms with van der Waals surface area (Å²) in [6.45, 7) is 1.73. The summed E-state index contributed by atoms with van der Waals surface area (Å²) < 4.78 is 39.6. The third-order valence-electron chi connectivity index (χ3n) is 3.37. The Labute approximate surface area is 133 Å². The number of sulfonamides is 1. The molecule has 0 aliphatic rings. The molecule has 0 saturated heterocycles. The highest BCUT2D eigenvalue weighted by atomic mass is 32.2. The molecule has 5 nitrogen and oxygen atoms in total. The van der Waals surface area contributed by atoms with E-state index in [1.807, 2.05) is 0 Å². The van der Waals surface area contributed by atoms with Crippen molar-refractivity contribution in [1.82, 2.24) is 4.72 Å². The summed E-state index contributed by atoms with van der Waals surface area (Å²) in [5.41, 5.74) is 1.23. The number of carboxylic acids is 1. The quantitative estimate of drug-likeness (QED) is 0.847. The minimum atomic E-state index is -3.80. The molecule has 0 heterocycles. The van der Waals surface area contributed by atoms with Crippen molar-refractivity contribution in [3.63, 3.8) is 0 Å². The van der Waals surface area contributed by atoms with E-state index in [4.69, 9.17) is 5.11 Å². The van der Waals surface area contributed by atoms with Gasteiger partial charge in [0.15, 0.2) is 0 Å². The highest BCUT2D eigenvalue weighted by Crippen LogP contribution is 2.15. The van der Waals surface area contributed by atoms with Crippen LogP contribution in [0.2, 0.25) is 0 Å². The van der Waals surface area contributed by atoms with Gasteiger partial charge in [-0.2, -0.15) is 0 Å². The molecule has 2 N–H and O–H groups in total. The first-order chi connectivity index (χ1) is 10.8. The maximum absolute atomic E-state index is 12.8. The molecule has 0 bridgehead atoms. The Morgan fingerprint density at radius 1 is 1.17 bits per heavy atom. The van der Waals surface area contributed by atoms with E-state index in [0.29, 0.717) is 12.0 Å². The molecule has 0 unspecified atom stereocenters. The van der Waals surface area contributed by atoms with E-state index >= 15 is 0 Å². The molecule has 0 amide bonds. The minimum Gasteiger partial charge on any atom is -0.478 e. The molecule has 7 heteroatoms. The van der Waals surface area contributed by atoms with E-state index < -0.39 is 16.0 Å². The first kappa shape index (κ1) is 17.1. The molecule has 0 aliphatic carbocycles. The van der Waals surface area contributed by atoms with Gasteiger partial charge in [0.25, 0.3) is 0 Å². The SMILES string of the molecule is Cc1ccc(S(=O)(=O)NCCc2ccc(F)cc2)cc1C(=O)O. The van der Waals surface area contributed by atoms with Crippen LogP contribution >= 0.6 is 0 Å². The molecule has 2 aromatic carbocycles. The average molecular weight is 337 g/mol. The van der Waals surface area contributed by atoms with Gasteiger partial charge in [-0.1, -0.05) is 18.2 Å². The van der Waals surface area contributed by atoms with E-state index in [1.54, 1.807) is 19.1 Å². The van der Waals surface area contributed by atoms with E-state index in [2.05, 4.69) is 4.72 Å². The molecule has 0 radical (unpaired) electrons. The summed E-state index contributed by atoms with van der Waals surface area (Å²) in [6, 6.07) is 9.74. The Kier molecular flexibility index (Phi) is 5.12. The Hall–Kier alpha value is -2.25. The van der Waals surface area contributed by atoms with Crippen molar-refractivity contribution in [2.24, 2.45) is 0 Å². The monoisotopic (exact) mass is 337 g/mol. The van der Waals surface area contributed by atoms with Gasteiger partial charge in [-0.05, 0) is 48.7 Å². The lowest BCUT2D eigenvalue weighted by Crippen LogP contribution is -2.26. The predicted octanol–water partition coefficient (Wildman–Crippen LogP) is 2.35. The number of nitrogens with one attached hydrogen (secondary N) is 1. The molecule has 0 aromatic heterocycles. The topological polar surface area (TPSA) is 83.5 Å². The summed E-state index contributed by atoms with van der Waals surface area (Å²) in [6.07, 6.45) is 0.400. The van der Waals surface area contributed by atoms with Crippen molar-refractivity contribution in [1.29, 1.82) is 0 Å². The normalized spacial score (nSPS) is 11.4. The fraction of sp³-hybridized carbons (Fsp3) is 0.188. The zero-order chi connectivity index (χ0) is 17.0. The highest BCUT2D eigenvalue weighted by molar-refractivity contribution is 7.89. The van der Waals surface area contributed by atoms with Crippen LogP contribution in [0.15, 0.2) is 47.4 Å². The van der Waals surface area contributed by atoms with E-state index in [9.17, 15) is 17.6 Å². The number of halogens is 1. The number of carbonyl (C=O) groups is 1. The number of benzene rings is 2. The largest absolute Gasteiger partial charge is 0.478 e. The van der Waals surface area contributed by atoms with Crippen molar-refractivity contribution in [2.75, 3.05) is 6.54 Å². The molecule has 0 spiro atoms. The Balaban J connectivity index is 2.08. The van der Waals surface area contributed by atoms with Crippen LogP contribution in [0.3, 0.4) is 0 Å². The van der Waals surface area contributed by atoms with Crippen LogP contribution in [0.5, 0.6) is 0 Å². The van der Waals surface area contributed by atoms with Crippen molar-refractivity contribution >= 4 is 16.0 Å². The zero-order valence-corrected chi connectivity index (χ0v) is 13.2. The second kappa shape index (κ2) is 6.89. The fourth-order valence-electron chi connectivity index (χ4n) is 2.06. The van der Waals surface area contributed by atoms with Crippen LogP contribution in [0.1, 0.15) is 21.5 Å². The van der Waals surface area contributed by atoms with Gasteiger partial charge < -0.3 is 5.11 Å². The van der Waals surface area contributed by atoms with Crippen LogP contribution < -0.4 is 4.72 Å². The predicted molar refractivity (Wildman–Crippen MR) is 83.4 cm³/mol. The van der Waals surface area contributed by atoms with Crippen molar-refractivity contribution in [2.45, 2.75) is 18.2 Å². The van der Waals surface area contributed by atoms with Gasteiger partial charge in [-0.15, -0.1) is 0 Å². The molecule has 2 rings (SSSR count). The van der Waals surface area contributed by atoms with Crippen LogP contribution in [0.4, 0.5) is 4.39 Å². The first-order valence-electron chi connectivity index (χ1n) is 6.87. The molecule has 23 heavy (non-hydrogen) atoms. The Bertz CT molecular complexity index is 816. The third kappa shape index (κ3) is 4.37. The Morgan fingerprint density at radius 2 is 1.83 bits per heavy atom. The van der Waals surface area contributed by atoms with E-state index in [1.165, 1.54) is 24.3 Å². The number of carboxylic acid groups (broad SMARTS) is 1. The molecule has 122 valence electrons. The van der Waals surface area contributed by atoms with Gasteiger partial charge >= 0.3 is 5.97 Å². The van der Waals surface area contributed by atoms with E-state index in [-0.39, 0.29) is 22.8 Å². The van der Waals surface area contributed by atoms with Gasteiger partial charge in [0, 0.05) is 6.54 Å². The van der Waals surface area contributed by atoms with Gasteiger partial charge in [0.05, 0.1) is 10.5 Å². The Morgan fingerprint density at radius 3 is 2.43 bits per heavy atom. The molecular weight excluding hydrogens is 321 g/mol. The lowest BCUT2D eigenvalue weighted by Gasteiger charge is -2.09. The van der Waals surface area contributed by atoms with Gasteiger partial charge in [0.2, 0.25) is 10.0 Å². The number of rotatable bonds is 6. The van der Waals surface area contributed by atoms with Gasteiger partial charge in [-0.3, -0.25) is 0 Å².